The molecule has 3 fully saturated rings. The zero-order valence-corrected chi connectivity index (χ0v) is 24.4. The fourth-order valence-corrected chi connectivity index (χ4v) is 7.67. The molecule has 4 aromatic rings. The van der Waals surface area contributed by atoms with Crippen molar-refractivity contribution in [1.82, 2.24) is 44.0 Å². The van der Waals surface area contributed by atoms with Crippen LogP contribution in [0.25, 0.3) is 22.2 Å². The molecule has 4 aromatic heterocycles. The van der Waals surface area contributed by atoms with E-state index in [1.54, 1.807) is 0 Å². The highest BCUT2D eigenvalue weighted by Gasteiger charge is 2.53. The Kier molecular flexibility index (Phi) is 7.21. The maximum Gasteiger partial charge on any atom is 0.386 e. The highest BCUT2D eigenvalue weighted by Crippen LogP contribution is 2.57. The van der Waals surface area contributed by atoms with Crippen LogP contribution >= 0.6 is 19.0 Å². The molecule has 0 bridgehead atoms. The number of hydrogen-bond acceptors (Lipinski definition) is 15. The topological polar surface area (TPSA) is 243 Å². The molecule has 0 saturated carbocycles. The largest absolute Gasteiger partial charge is 0.386 e. The van der Waals surface area contributed by atoms with Gasteiger partial charge in [0.1, 0.15) is 36.3 Å². The summed E-state index contributed by atoms with van der Waals surface area (Å²) >= 11 is 3.95. The van der Waals surface area contributed by atoms with E-state index in [4.69, 9.17) is 28.4 Å². The number of imidazole rings is 2. The number of anilines is 1. The molecule has 0 aromatic carbocycles. The number of ether oxygens (including phenoxy) is 2. The number of fused-ring (bicyclic) bond motifs is 4. The molecule has 236 valence electrons. The van der Waals surface area contributed by atoms with Crippen molar-refractivity contribution < 1.29 is 44.5 Å². The quantitative estimate of drug-likeness (QED) is 0.157. The molecular formula is C20H21F2N10O9PS2. The van der Waals surface area contributed by atoms with Gasteiger partial charge in [-0.05, 0) is 0 Å². The minimum Gasteiger partial charge on any atom is -0.382 e. The second kappa shape index (κ2) is 10.7. The minimum absolute atomic E-state index is 0.0147. The van der Waals surface area contributed by atoms with Gasteiger partial charge in [-0.3, -0.25) is 23.0 Å². The van der Waals surface area contributed by atoms with Crippen molar-refractivity contribution >= 4 is 57.4 Å². The predicted octanol–water partition coefficient (Wildman–Crippen LogP) is -0.314. The van der Waals surface area contributed by atoms with Gasteiger partial charge in [-0.25, -0.2) is 42.6 Å². The summed E-state index contributed by atoms with van der Waals surface area (Å²) in [7, 11) is -4.75. The third-order valence-electron chi connectivity index (χ3n) is 7.23. The van der Waals surface area contributed by atoms with Crippen LogP contribution in [-0.4, -0.2) is 97.6 Å². The number of rotatable bonds is 2. The lowest BCUT2D eigenvalue weighted by Crippen LogP contribution is -2.44. The lowest BCUT2D eigenvalue weighted by atomic mass is 10.1. The van der Waals surface area contributed by atoms with E-state index < -0.39 is 85.0 Å². The number of nitrogens with two attached hydrogens (primary N) is 1. The normalized spacial score (nSPS) is 36.1. The third kappa shape index (κ3) is 5.06. The summed E-state index contributed by atoms with van der Waals surface area (Å²) in [6.45, 7) is -5.87. The molecule has 19 nitrogen and oxygen atoms in total. The molecule has 0 radical (unpaired) electrons. The number of aromatic nitrogens is 8. The Morgan fingerprint density at radius 3 is 2.55 bits per heavy atom. The standard InChI is InChI=1S/C20H21F2N10O9PS2/c21-10-14-8(38-19(10)31-5-26-12-7(31)1-28-30-18(12)33)2-29-44(35,36)41-15-9(3-37-42(34,43)40-14)39-20(11(15)22)32-6-27-13-16(23)24-4-25-17(13)32/h1,4-6,8-11,14-15,19-20,29H,2-3H2,(H,30,33)(H,34,43)(H2,23,24,25)/t8-,9-,10-,11-,14-,15-,19-,20-,42-/m1/s1. The molecule has 0 spiro atoms. The van der Waals surface area contributed by atoms with Gasteiger partial charge in [0, 0.05) is 6.54 Å². The first-order valence-electron chi connectivity index (χ1n) is 12.7. The van der Waals surface area contributed by atoms with Gasteiger partial charge in [-0.2, -0.15) is 18.2 Å². The molecule has 7 rings (SSSR count). The van der Waals surface area contributed by atoms with Gasteiger partial charge in [0.05, 0.1) is 31.0 Å². The average Bonchev–Trinajstić information content (AvgIpc) is 3.73. The van der Waals surface area contributed by atoms with Gasteiger partial charge in [-0.1, -0.05) is 12.2 Å². The summed E-state index contributed by atoms with van der Waals surface area (Å²) in [6, 6.07) is 0. The minimum atomic E-state index is -4.75. The molecule has 4 N–H and O–H groups in total. The fourth-order valence-electron chi connectivity index (χ4n) is 5.23. The van der Waals surface area contributed by atoms with Crippen LogP contribution in [0.3, 0.4) is 0 Å². The number of hydrogen-bond donors (Lipinski definition) is 4. The zero-order valence-electron chi connectivity index (χ0n) is 21.8. The number of aromatic amines is 1. The number of nitrogens with zero attached hydrogens (tertiary/aromatic N) is 7. The molecule has 3 aliphatic heterocycles. The molecule has 0 aliphatic carbocycles. The number of thiol groups is 1. The fraction of sp³-hybridized carbons (Fsp3) is 0.500. The number of nitrogen functional groups attached to an aromatic ring is 1. The van der Waals surface area contributed by atoms with Gasteiger partial charge in [0.15, 0.2) is 41.8 Å². The van der Waals surface area contributed by atoms with Gasteiger partial charge < -0.3 is 15.2 Å². The summed E-state index contributed by atoms with van der Waals surface area (Å²) in [5, 5.41) is 5.87. The van der Waals surface area contributed by atoms with E-state index in [-0.39, 0.29) is 28.0 Å². The average molecular weight is 679 g/mol. The highest BCUT2D eigenvalue weighted by atomic mass is 32.7. The second-order valence-electron chi connectivity index (χ2n) is 9.88. The Morgan fingerprint density at radius 2 is 1.73 bits per heavy atom. The molecule has 9 atom stereocenters. The maximum atomic E-state index is 15.9. The van der Waals surface area contributed by atoms with Crippen molar-refractivity contribution in [3.63, 3.8) is 0 Å². The van der Waals surface area contributed by atoms with E-state index in [2.05, 4.69) is 47.1 Å². The van der Waals surface area contributed by atoms with Gasteiger partial charge in [-0.15, -0.1) is 0 Å². The Balaban J connectivity index is 1.17. The molecule has 44 heavy (non-hydrogen) atoms. The van der Waals surface area contributed by atoms with Crippen molar-refractivity contribution in [2.45, 2.75) is 49.2 Å². The molecule has 24 heteroatoms. The van der Waals surface area contributed by atoms with E-state index in [1.165, 1.54) is 17.1 Å². The van der Waals surface area contributed by atoms with Gasteiger partial charge >= 0.3 is 17.1 Å². The van der Waals surface area contributed by atoms with Crippen LogP contribution in [0.1, 0.15) is 12.5 Å². The molecule has 0 unspecified atom stereocenters. The van der Waals surface area contributed by atoms with E-state index in [0.717, 1.165) is 17.2 Å². The van der Waals surface area contributed by atoms with E-state index >= 15 is 8.78 Å². The first-order chi connectivity index (χ1) is 20.9. The van der Waals surface area contributed by atoms with Crippen LogP contribution in [0.15, 0.2) is 30.0 Å². The van der Waals surface area contributed by atoms with E-state index in [1.807, 2.05) is 0 Å². The summed E-state index contributed by atoms with van der Waals surface area (Å²) in [5.41, 5.74) is 5.43. The molecule has 3 aliphatic rings. The first kappa shape index (κ1) is 29.6. The number of H-pyrrole nitrogens is 1. The van der Waals surface area contributed by atoms with Crippen LogP contribution in [0.5, 0.6) is 0 Å². The van der Waals surface area contributed by atoms with Crippen LogP contribution in [0.4, 0.5) is 14.6 Å². The van der Waals surface area contributed by atoms with Crippen molar-refractivity contribution in [2.24, 2.45) is 0 Å². The Hall–Kier alpha value is -3.15. The van der Waals surface area contributed by atoms with Crippen LogP contribution < -0.4 is 16.0 Å². The van der Waals surface area contributed by atoms with Gasteiger partial charge in [0.25, 0.3) is 5.56 Å². The Bertz CT molecular complexity index is 1960. The second-order valence-corrected chi connectivity index (χ2v) is 14.1. The highest BCUT2D eigenvalue weighted by molar-refractivity contribution is 8.44. The number of alkyl halides is 2. The monoisotopic (exact) mass is 678 g/mol. The summed E-state index contributed by atoms with van der Waals surface area (Å²) in [4.78, 5) is 27.9. The van der Waals surface area contributed by atoms with E-state index in [0.29, 0.717) is 0 Å². The first-order valence-corrected chi connectivity index (χ1v) is 16.8. The van der Waals surface area contributed by atoms with Crippen LogP contribution in [0.2, 0.25) is 0 Å². The molecule has 0 amide bonds. The van der Waals surface area contributed by atoms with Crippen molar-refractivity contribution in [3.8, 4) is 0 Å². The summed E-state index contributed by atoms with van der Waals surface area (Å²) < 4.78 is 103. The maximum absolute atomic E-state index is 15.9. The van der Waals surface area contributed by atoms with E-state index in [9.17, 15) is 17.8 Å². The van der Waals surface area contributed by atoms with Crippen LogP contribution in [-0.2, 0) is 37.6 Å². The smallest absolute Gasteiger partial charge is 0.382 e. The number of halogens is 2. The molecule has 3 saturated heterocycles. The summed E-state index contributed by atoms with van der Waals surface area (Å²) in [6.07, 6.45) is -9.14. The summed E-state index contributed by atoms with van der Waals surface area (Å²) in [5.74, 6) is 0.0147. The SMILES string of the molecule is Nc1ncnc2c1ncn2[C@@H]1O[C@@H]2CO[P@@](=O)(S)O[C@H]3[C@@H](F)[C@H](n4cnc5c(=O)[nH]ncc54)O[C@@H]3CNS(=O)(=O)O[C@H]2[C@H]1F. The predicted molar refractivity (Wildman–Crippen MR) is 145 cm³/mol. The molecule has 7 heterocycles. The van der Waals surface area contributed by atoms with Crippen molar-refractivity contribution in [3.05, 3.63) is 35.5 Å². The molecular weight excluding hydrogens is 657 g/mol. The third-order valence-corrected chi connectivity index (χ3v) is 9.84. The lowest BCUT2D eigenvalue weighted by Gasteiger charge is -2.26. The van der Waals surface area contributed by atoms with Gasteiger partial charge in [0.2, 0.25) is 0 Å². The van der Waals surface area contributed by atoms with Crippen molar-refractivity contribution in [1.29, 1.82) is 0 Å². The Labute approximate surface area is 249 Å². The Morgan fingerprint density at radius 1 is 1.02 bits per heavy atom. The van der Waals surface area contributed by atoms with Crippen LogP contribution in [0, 0.1) is 0 Å². The lowest BCUT2D eigenvalue weighted by molar-refractivity contribution is -0.0434. The zero-order chi connectivity index (χ0) is 31.0. The number of nitrogens with one attached hydrogen (secondary N) is 2. The van der Waals surface area contributed by atoms with Crippen molar-refractivity contribution in [2.75, 3.05) is 18.9 Å².